The van der Waals surface area contributed by atoms with E-state index in [-0.39, 0.29) is 5.56 Å². The van der Waals surface area contributed by atoms with Crippen LogP contribution in [0.2, 0.25) is 0 Å². The fourth-order valence-electron chi connectivity index (χ4n) is 1.73. The maximum absolute atomic E-state index is 13.5. The minimum absolute atomic E-state index is 0.388. The van der Waals surface area contributed by atoms with Gasteiger partial charge in [0.2, 0.25) is 11.6 Å². The van der Waals surface area contributed by atoms with Crippen molar-refractivity contribution in [2.45, 2.75) is 13.0 Å². The van der Waals surface area contributed by atoms with Crippen molar-refractivity contribution in [2.75, 3.05) is 0 Å². The van der Waals surface area contributed by atoms with Crippen LogP contribution in [0.15, 0.2) is 36.4 Å². The Morgan fingerprint density at radius 1 is 1.05 bits per heavy atom. The molecular weight excluding hydrogens is 288 g/mol. The third-order valence-electron chi connectivity index (χ3n) is 2.79. The number of ether oxygens (including phenoxy) is 1. The summed E-state index contributed by atoms with van der Waals surface area (Å²) in [5.74, 6) is -5.50. The van der Waals surface area contributed by atoms with Crippen LogP contribution in [0.25, 0.3) is 0 Å². The van der Waals surface area contributed by atoms with Crippen LogP contribution in [-0.2, 0) is 0 Å². The molecule has 0 aliphatic rings. The van der Waals surface area contributed by atoms with Crippen LogP contribution >= 0.6 is 0 Å². The fourth-order valence-corrected chi connectivity index (χ4v) is 1.73. The van der Waals surface area contributed by atoms with Crippen molar-refractivity contribution in [1.29, 1.82) is 0 Å². The third-order valence-corrected chi connectivity index (χ3v) is 2.79. The number of carbonyl (C=O) groups excluding carboxylic acids is 1. The highest BCUT2D eigenvalue weighted by molar-refractivity contribution is 5.99. The van der Waals surface area contributed by atoms with Crippen LogP contribution in [0.3, 0.4) is 0 Å². The van der Waals surface area contributed by atoms with Crippen molar-refractivity contribution < 1.29 is 27.1 Å². The Kier molecular flexibility index (Phi) is 4.26. The number of hydrogen-bond donors (Lipinski definition) is 0. The van der Waals surface area contributed by atoms with Gasteiger partial charge in [0.1, 0.15) is 11.6 Å². The second-order valence-corrected chi connectivity index (χ2v) is 4.30. The van der Waals surface area contributed by atoms with Crippen LogP contribution in [0.4, 0.5) is 17.6 Å². The number of halogens is 4. The molecule has 110 valence electrons. The highest BCUT2D eigenvalue weighted by Gasteiger charge is 2.22. The lowest BCUT2D eigenvalue weighted by Gasteiger charge is -2.14. The van der Waals surface area contributed by atoms with Gasteiger partial charge in [0.05, 0.1) is 5.56 Å². The molecule has 0 saturated heterocycles. The molecule has 1 unspecified atom stereocenters. The van der Waals surface area contributed by atoms with Gasteiger partial charge in [-0.25, -0.2) is 13.2 Å². The zero-order valence-corrected chi connectivity index (χ0v) is 10.9. The van der Waals surface area contributed by atoms with Crippen molar-refractivity contribution in [1.82, 2.24) is 0 Å². The van der Waals surface area contributed by atoms with Crippen LogP contribution in [-0.4, -0.2) is 11.9 Å². The summed E-state index contributed by atoms with van der Waals surface area (Å²) in [5, 5.41) is 0. The van der Waals surface area contributed by atoms with E-state index < -0.39 is 40.9 Å². The topological polar surface area (TPSA) is 26.3 Å². The minimum atomic E-state index is -1.26. The first-order valence-corrected chi connectivity index (χ1v) is 6.00. The minimum Gasteiger partial charge on any atom is -0.479 e. The summed E-state index contributed by atoms with van der Waals surface area (Å²) in [6.07, 6.45) is -1.26. The number of carbonyl (C=O) groups is 1. The molecule has 1 atom stereocenters. The van der Waals surface area contributed by atoms with Gasteiger partial charge in [-0.3, -0.25) is 4.79 Å². The van der Waals surface area contributed by atoms with Crippen molar-refractivity contribution in [3.63, 3.8) is 0 Å². The normalized spacial score (nSPS) is 12.0. The first kappa shape index (κ1) is 15.0. The highest BCUT2D eigenvalue weighted by Crippen LogP contribution is 2.22. The van der Waals surface area contributed by atoms with Crippen molar-refractivity contribution in [2.24, 2.45) is 0 Å². The summed E-state index contributed by atoms with van der Waals surface area (Å²) in [6, 6.07) is 5.70. The van der Waals surface area contributed by atoms with Gasteiger partial charge in [-0.05, 0) is 31.2 Å². The van der Waals surface area contributed by atoms with E-state index in [1.165, 1.54) is 13.0 Å². The van der Waals surface area contributed by atoms with E-state index in [9.17, 15) is 22.4 Å². The Bertz CT molecular complexity index is 685. The zero-order valence-electron chi connectivity index (χ0n) is 10.9. The predicted molar refractivity (Wildman–Crippen MR) is 67.1 cm³/mol. The Morgan fingerprint density at radius 2 is 1.76 bits per heavy atom. The molecule has 2 rings (SSSR count). The Hall–Kier alpha value is -2.37. The first-order chi connectivity index (χ1) is 9.90. The summed E-state index contributed by atoms with van der Waals surface area (Å²) in [4.78, 5) is 12.0. The third kappa shape index (κ3) is 3.21. The number of hydrogen-bond acceptors (Lipinski definition) is 2. The summed E-state index contributed by atoms with van der Waals surface area (Å²) in [6.45, 7) is 1.26. The van der Waals surface area contributed by atoms with E-state index in [1.807, 2.05) is 0 Å². The molecule has 0 aromatic heterocycles. The molecule has 0 saturated carbocycles. The monoisotopic (exact) mass is 298 g/mol. The number of benzene rings is 2. The van der Waals surface area contributed by atoms with Crippen molar-refractivity contribution >= 4 is 5.78 Å². The molecule has 6 heteroatoms. The molecule has 2 aromatic rings. The first-order valence-electron chi connectivity index (χ1n) is 6.00. The lowest BCUT2D eigenvalue weighted by atomic mass is 10.1. The van der Waals surface area contributed by atoms with Crippen LogP contribution in [0, 0.1) is 23.3 Å². The summed E-state index contributed by atoms with van der Waals surface area (Å²) >= 11 is 0. The average Bonchev–Trinajstić information content (AvgIpc) is 2.43. The predicted octanol–water partition coefficient (Wildman–Crippen LogP) is 3.89. The maximum atomic E-state index is 13.5. The maximum Gasteiger partial charge on any atom is 0.205 e. The van der Waals surface area contributed by atoms with E-state index >= 15 is 0 Å². The lowest BCUT2D eigenvalue weighted by Crippen LogP contribution is -2.25. The number of ketones is 1. The molecule has 0 bridgehead atoms. The fraction of sp³-hybridized carbons (Fsp3) is 0.133. The molecule has 0 N–H and O–H groups in total. The van der Waals surface area contributed by atoms with Gasteiger partial charge in [0.15, 0.2) is 17.7 Å². The van der Waals surface area contributed by atoms with E-state index in [4.69, 9.17) is 4.74 Å². The van der Waals surface area contributed by atoms with Gasteiger partial charge >= 0.3 is 0 Å². The van der Waals surface area contributed by atoms with Gasteiger partial charge in [-0.15, -0.1) is 0 Å². The molecule has 0 radical (unpaired) electrons. The van der Waals surface area contributed by atoms with Gasteiger partial charge < -0.3 is 4.74 Å². The van der Waals surface area contributed by atoms with Gasteiger partial charge in [0, 0.05) is 6.07 Å². The molecule has 21 heavy (non-hydrogen) atoms. The summed E-state index contributed by atoms with van der Waals surface area (Å²) < 4.78 is 57.7. The smallest absolute Gasteiger partial charge is 0.205 e. The van der Waals surface area contributed by atoms with E-state index in [0.29, 0.717) is 6.07 Å². The largest absolute Gasteiger partial charge is 0.479 e. The molecule has 2 aromatic carbocycles. The van der Waals surface area contributed by atoms with E-state index in [0.717, 1.165) is 24.3 Å². The van der Waals surface area contributed by atoms with Gasteiger partial charge in [-0.2, -0.15) is 4.39 Å². The molecule has 0 heterocycles. The molecule has 0 spiro atoms. The molecule has 0 fully saturated rings. The van der Waals surface area contributed by atoms with Gasteiger partial charge in [-0.1, -0.05) is 6.07 Å². The van der Waals surface area contributed by atoms with Gasteiger partial charge in [0.25, 0.3) is 0 Å². The van der Waals surface area contributed by atoms with E-state index in [1.54, 1.807) is 0 Å². The number of Topliss-reactive ketones (excluding diaryl/α,β-unsaturated/α-hetero) is 1. The Balaban J connectivity index is 2.21. The van der Waals surface area contributed by atoms with Crippen molar-refractivity contribution in [3.8, 4) is 5.75 Å². The molecular formula is C15H10F4O2. The standard InChI is InChI=1S/C15H10F4O2/c1-8(21-13-4-2-3-11(17)14(13)19)15(20)10-6-5-9(16)7-12(10)18/h2-8H,1H3. The second kappa shape index (κ2) is 5.95. The zero-order chi connectivity index (χ0) is 15.6. The summed E-state index contributed by atoms with van der Waals surface area (Å²) in [7, 11) is 0. The quantitative estimate of drug-likeness (QED) is 0.632. The molecule has 0 aliphatic carbocycles. The Morgan fingerprint density at radius 3 is 2.43 bits per heavy atom. The van der Waals surface area contributed by atoms with Crippen LogP contribution in [0.1, 0.15) is 17.3 Å². The number of rotatable bonds is 4. The highest BCUT2D eigenvalue weighted by atomic mass is 19.2. The lowest BCUT2D eigenvalue weighted by molar-refractivity contribution is 0.0806. The SMILES string of the molecule is CC(Oc1cccc(F)c1F)C(=O)c1ccc(F)cc1F. The summed E-state index contributed by atoms with van der Waals surface area (Å²) in [5.41, 5.74) is -0.388. The second-order valence-electron chi connectivity index (χ2n) is 4.30. The van der Waals surface area contributed by atoms with E-state index in [2.05, 4.69) is 0 Å². The molecule has 2 nitrogen and oxygen atoms in total. The Labute approximate surface area is 118 Å². The van der Waals surface area contributed by atoms with Crippen LogP contribution < -0.4 is 4.74 Å². The molecule has 0 aliphatic heterocycles. The average molecular weight is 298 g/mol. The molecule has 0 amide bonds. The van der Waals surface area contributed by atoms with Crippen molar-refractivity contribution in [3.05, 3.63) is 65.2 Å². The van der Waals surface area contributed by atoms with Crippen LogP contribution in [0.5, 0.6) is 5.75 Å².